The van der Waals surface area contributed by atoms with Gasteiger partial charge in [0.05, 0.1) is 20.3 Å². The van der Waals surface area contributed by atoms with Gasteiger partial charge >= 0.3 is 11.9 Å². The van der Waals surface area contributed by atoms with Gasteiger partial charge in [-0.1, -0.05) is 13.8 Å². The molecule has 7 nitrogen and oxygen atoms in total. The third kappa shape index (κ3) is 1.30. The van der Waals surface area contributed by atoms with Crippen LogP contribution in [0, 0.1) is 17.3 Å². The maximum absolute atomic E-state index is 12.7. The molecule has 3 fully saturated rings. The van der Waals surface area contributed by atoms with Gasteiger partial charge in [-0.3, -0.25) is 4.90 Å². The number of carbonyl (C=O) groups excluding carboxylic acids is 2. The van der Waals surface area contributed by atoms with Crippen molar-refractivity contribution in [2.75, 3.05) is 27.3 Å². The van der Waals surface area contributed by atoms with Crippen molar-refractivity contribution in [3.63, 3.8) is 0 Å². The van der Waals surface area contributed by atoms with Crippen LogP contribution in [0.2, 0.25) is 0 Å². The molecule has 0 spiro atoms. The summed E-state index contributed by atoms with van der Waals surface area (Å²) in [5.41, 5.74) is -2.34. The van der Waals surface area contributed by atoms with Gasteiger partial charge in [0.25, 0.3) is 0 Å². The number of esters is 2. The Morgan fingerprint density at radius 2 is 1.70 bits per heavy atom. The molecule has 7 heteroatoms. The number of hydrogen-bond acceptors (Lipinski definition) is 7. The molecule has 2 aliphatic carbocycles. The number of azo groups is 1. The summed E-state index contributed by atoms with van der Waals surface area (Å²) in [5.74, 6) is -0.785. The predicted molar refractivity (Wildman–Crippen MR) is 79.7 cm³/mol. The van der Waals surface area contributed by atoms with Crippen molar-refractivity contribution < 1.29 is 19.1 Å². The van der Waals surface area contributed by atoms with Gasteiger partial charge in [0.2, 0.25) is 0 Å². The van der Waals surface area contributed by atoms with Crippen LogP contribution in [0.5, 0.6) is 0 Å². The van der Waals surface area contributed by atoms with E-state index in [1.165, 1.54) is 14.2 Å². The topological polar surface area (TPSA) is 80.6 Å². The summed E-state index contributed by atoms with van der Waals surface area (Å²) >= 11 is 0. The summed E-state index contributed by atoms with van der Waals surface area (Å²) in [6.07, 6.45) is 2.20. The van der Waals surface area contributed by atoms with E-state index in [2.05, 4.69) is 22.1 Å². The Bertz CT molecular complexity index is 616. The molecule has 3 heterocycles. The Morgan fingerprint density at radius 1 is 1.09 bits per heavy atom. The SMILES string of the molecule is COC(=O)[C@]12N=N[C@]3(C(=O)OC)[C@H]([C@@H]1C)[C@]3(C)[C@H]2N1CCCC1. The Kier molecular flexibility index (Phi) is 2.82. The van der Waals surface area contributed by atoms with E-state index in [9.17, 15) is 9.59 Å². The molecule has 0 aromatic heterocycles. The molecule has 0 aromatic rings. The highest BCUT2D eigenvalue weighted by Crippen LogP contribution is 2.81. The van der Waals surface area contributed by atoms with Gasteiger partial charge in [-0.15, -0.1) is 0 Å². The highest BCUT2D eigenvalue weighted by molar-refractivity contribution is 5.94. The molecule has 0 unspecified atom stereocenters. The lowest BCUT2D eigenvalue weighted by atomic mass is 9.73. The molecule has 23 heavy (non-hydrogen) atoms. The molecule has 5 aliphatic rings. The first kappa shape index (κ1) is 15.1. The number of methoxy groups -OCH3 is 2. The van der Waals surface area contributed by atoms with E-state index in [4.69, 9.17) is 9.47 Å². The first-order valence-corrected chi connectivity index (χ1v) is 8.27. The molecule has 0 N–H and O–H groups in total. The lowest BCUT2D eigenvalue weighted by molar-refractivity contribution is -0.159. The first-order valence-electron chi connectivity index (χ1n) is 8.27. The van der Waals surface area contributed by atoms with Gasteiger partial charge in [-0.25, -0.2) is 9.59 Å². The highest BCUT2D eigenvalue weighted by Gasteiger charge is 2.95. The van der Waals surface area contributed by atoms with E-state index in [0.717, 1.165) is 25.9 Å². The molecule has 0 aromatic carbocycles. The average molecular weight is 321 g/mol. The number of rotatable bonds is 3. The molecule has 2 saturated carbocycles. The van der Waals surface area contributed by atoms with Gasteiger partial charge in [-0.2, -0.15) is 10.2 Å². The monoisotopic (exact) mass is 321 g/mol. The molecule has 3 aliphatic heterocycles. The van der Waals surface area contributed by atoms with Crippen LogP contribution >= 0.6 is 0 Å². The number of nitrogens with zero attached hydrogens (tertiary/aromatic N) is 3. The smallest absolute Gasteiger partial charge is 0.337 e. The third-order valence-electron chi connectivity index (χ3n) is 6.90. The largest absolute Gasteiger partial charge is 0.467 e. The lowest BCUT2D eigenvalue weighted by Crippen LogP contribution is -2.65. The van der Waals surface area contributed by atoms with E-state index in [-0.39, 0.29) is 29.8 Å². The lowest BCUT2D eigenvalue weighted by Gasteiger charge is -2.46. The van der Waals surface area contributed by atoms with E-state index < -0.39 is 16.5 Å². The molecule has 126 valence electrons. The fourth-order valence-electron chi connectivity index (χ4n) is 6.06. The standard InChI is InChI=1S/C16H23N3O4/c1-9-10-14(2)11(19-7-5-6-8-19)15(9,12(20)22-3)17-18-16(10,14)13(21)23-4/h9-11H,5-8H2,1-4H3/t9-,10+,11+,14+,15-,16-/m0/s1. The van der Waals surface area contributed by atoms with E-state index in [1.807, 2.05) is 6.92 Å². The fraction of sp³-hybridized carbons (Fsp3) is 0.875. The summed E-state index contributed by atoms with van der Waals surface area (Å²) in [7, 11) is 2.79. The van der Waals surface area contributed by atoms with Gasteiger partial charge in [0.1, 0.15) is 0 Å². The maximum atomic E-state index is 12.7. The Hall–Kier alpha value is -1.50. The van der Waals surface area contributed by atoms with Crippen molar-refractivity contribution in [3.05, 3.63) is 0 Å². The first-order chi connectivity index (χ1) is 10.9. The average Bonchev–Trinajstić information content (AvgIpc) is 2.86. The number of ether oxygens (including phenoxy) is 2. The van der Waals surface area contributed by atoms with Crippen LogP contribution in [0.1, 0.15) is 26.7 Å². The minimum atomic E-state index is -0.992. The Labute approximate surface area is 135 Å². The normalized spacial score (nSPS) is 50.0. The molecule has 5 rings (SSSR count). The number of likely N-dealkylation sites (tertiary alicyclic amines) is 1. The van der Waals surface area contributed by atoms with Gasteiger partial charge < -0.3 is 9.47 Å². The predicted octanol–water partition coefficient (Wildman–Crippen LogP) is 1.03. The van der Waals surface area contributed by atoms with Crippen LogP contribution in [-0.4, -0.2) is 61.3 Å². The van der Waals surface area contributed by atoms with Crippen LogP contribution in [0.4, 0.5) is 0 Å². The molecular weight excluding hydrogens is 298 g/mol. The zero-order valence-corrected chi connectivity index (χ0v) is 14.0. The van der Waals surface area contributed by atoms with E-state index >= 15 is 0 Å². The molecular formula is C16H23N3O4. The zero-order valence-electron chi connectivity index (χ0n) is 14.0. The fourth-order valence-corrected chi connectivity index (χ4v) is 6.06. The number of carbonyl (C=O) groups is 2. The van der Waals surface area contributed by atoms with Crippen molar-refractivity contribution >= 4 is 11.9 Å². The molecule has 1 saturated heterocycles. The number of hydrogen-bond donors (Lipinski definition) is 0. The molecule has 0 radical (unpaired) electrons. The molecule has 6 atom stereocenters. The summed E-state index contributed by atoms with van der Waals surface area (Å²) in [6, 6.07) is -0.151. The van der Waals surface area contributed by atoms with Crippen LogP contribution in [0.15, 0.2) is 10.2 Å². The summed E-state index contributed by atoms with van der Waals surface area (Å²) in [4.78, 5) is 27.5. The minimum Gasteiger partial charge on any atom is -0.467 e. The van der Waals surface area contributed by atoms with Crippen LogP contribution in [-0.2, 0) is 19.1 Å². The Morgan fingerprint density at radius 3 is 2.26 bits per heavy atom. The third-order valence-corrected chi connectivity index (χ3v) is 6.90. The molecule has 0 amide bonds. The Balaban J connectivity index is 1.89. The second-order valence-corrected chi connectivity index (χ2v) is 7.47. The van der Waals surface area contributed by atoms with Crippen LogP contribution < -0.4 is 0 Å². The second kappa shape index (κ2) is 4.32. The maximum Gasteiger partial charge on any atom is 0.337 e. The van der Waals surface area contributed by atoms with Crippen molar-refractivity contribution in [1.82, 2.24) is 4.90 Å². The minimum absolute atomic E-state index is 0.0235. The molecule has 4 bridgehead atoms. The second-order valence-electron chi connectivity index (χ2n) is 7.47. The van der Waals surface area contributed by atoms with E-state index in [1.54, 1.807) is 0 Å². The van der Waals surface area contributed by atoms with Gasteiger partial charge in [-0.05, 0) is 25.9 Å². The van der Waals surface area contributed by atoms with Crippen molar-refractivity contribution in [3.8, 4) is 0 Å². The highest BCUT2D eigenvalue weighted by atomic mass is 16.5. The summed E-state index contributed by atoms with van der Waals surface area (Å²) < 4.78 is 10.2. The van der Waals surface area contributed by atoms with E-state index in [0.29, 0.717) is 0 Å². The van der Waals surface area contributed by atoms with Gasteiger partial charge in [0, 0.05) is 17.3 Å². The van der Waals surface area contributed by atoms with Gasteiger partial charge in [0.15, 0.2) is 11.1 Å². The van der Waals surface area contributed by atoms with Crippen molar-refractivity contribution in [1.29, 1.82) is 0 Å². The zero-order chi connectivity index (χ0) is 16.6. The van der Waals surface area contributed by atoms with Crippen LogP contribution in [0.3, 0.4) is 0 Å². The summed E-state index contributed by atoms with van der Waals surface area (Å²) in [5, 5.41) is 8.77. The quantitative estimate of drug-likeness (QED) is 0.725. The summed E-state index contributed by atoms with van der Waals surface area (Å²) in [6.45, 7) is 5.91. The van der Waals surface area contributed by atoms with Crippen molar-refractivity contribution in [2.24, 2.45) is 27.5 Å². The van der Waals surface area contributed by atoms with Crippen LogP contribution in [0.25, 0.3) is 0 Å². The van der Waals surface area contributed by atoms with Crippen molar-refractivity contribution in [2.45, 2.75) is 43.8 Å².